The van der Waals surface area contributed by atoms with Crippen LogP contribution < -0.4 is 14.7 Å². The van der Waals surface area contributed by atoms with Gasteiger partial charge >= 0.3 is 0 Å². The van der Waals surface area contributed by atoms with E-state index in [2.05, 4.69) is 63.2 Å². The van der Waals surface area contributed by atoms with E-state index >= 15 is 0 Å². The highest BCUT2D eigenvalue weighted by atomic mass is 32.1. The predicted octanol–water partition coefficient (Wildman–Crippen LogP) is 4.72. The second-order valence-corrected chi connectivity index (χ2v) is 6.33. The highest BCUT2D eigenvalue weighted by molar-refractivity contribution is 7.80. The third-order valence-corrected chi connectivity index (χ3v) is 4.78. The molecule has 1 saturated heterocycles. The van der Waals surface area contributed by atoms with Crippen molar-refractivity contribution in [2.45, 2.75) is 0 Å². The van der Waals surface area contributed by atoms with E-state index in [1.807, 2.05) is 42.5 Å². The Hall–Kier alpha value is -2.85. The quantitative estimate of drug-likeness (QED) is 0.635. The molecule has 4 heteroatoms. The molecule has 1 aliphatic heterocycles. The topological polar surface area (TPSA) is 9.72 Å². The van der Waals surface area contributed by atoms with Crippen molar-refractivity contribution in [2.24, 2.45) is 0 Å². The van der Waals surface area contributed by atoms with Crippen LogP contribution in [0.5, 0.6) is 0 Å². The first-order valence-corrected chi connectivity index (χ1v) is 8.73. The maximum absolute atomic E-state index is 5.84. The van der Waals surface area contributed by atoms with Gasteiger partial charge in [0.1, 0.15) is 0 Å². The fourth-order valence-corrected chi connectivity index (χ4v) is 3.38. The van der Waals surface area contributed by atoms with Crippen molar-refractivity contribution >= 4 is 34.4 Å². The van der Waals surface area contributed by atoms with Crippen LogP contribution in [0.1, 0.15) is 0 Å². The van der Waals surface area contributed by atoms with Crippen molar-refractivity contribution in [3.05, 3.63) is 91.0 Å². The standard InChI is InChI=1S/C21H19N3S/c25-21-23(19-12-6-2-7-13-19)16-22(18-10-4-1-5-11-18)17-24(21)20-14-8-3-9-15-20/h1-15H,16-17H2. The minimum absolute atomic E-state index is 0.732. The third kappa shape index (κ3) is 3.21. The van der Waals surface area contributed by atoms with Crippen LogP contribution >= 0.6 is 12.2 Å². The molecule has 124 valence electrons. The van der Waals surface area contributed by atoms with Crippen LogP contribution in [0, 0.1) is 0 Å². The van der Waals surface area contributed by atoms with Gasteiger partial charge in [-0.3, -0.25) is 0 Å². The first-order chi connectivity index (χ1) is 12.3. The van der Waals surface area contributed by atoms with E-state index in [-0.39, 0.29) is 0 Å². The molecule has 0 N–H and O–H groups in total. The fourth-order valence-electron chi connectivity index (χ4n) is 3.06. The van der Waals surface area contributed by atoms with Crippen molar-refractivity contribution in [1.82, 2.24) is 0 Å². The van der Waals surface area contributed by atoms with Gasteiger partial charge in [0, 0.05) is 17.1 Å². The summed E-state index contributed by atoms with van der Waals surface area (Å²) < 4.78 is 0. The first kappa shape index (κ1) is 15.7. The Morgan fingerprint density at radius 3 is 1.28 bits per heavy atom. The van der Waals surface area contributed by atoms with Crippen LogP contribution in [-0.2, 0) is 0 Å². The molecule has 0 bridgehead atoms. The summed E-state index contributed by atoms with van der Waals surface area (Å²) in [5.41, 5.74) is 3.40. The lowest BCUT2D eigenvalue weighted by atomic mass is 10.2. The zero-order valence-corrected chi connectivity index (χ0v) is 14.6. The van der Waals surface area contributed by atoms with E-state index in [0.29, 0.717) is 0 Å². The van der Waals surface area contributed by atoms with E-state index < -0.39 is 0 Å². The van der Waals surface area contributed by atoms with Gasteiger partial charge in [0.25, 0.3) is 0 Å². The predicted molar refractivity (Wildman–Crippen MR) is 109 cm³/mol. The molecule has 3 aromatic rings. The number of anilines is 3. The Kier molecular flexibility index (Phi) is 4.36. The number of thiocarbonyl (C=S) groups is 1. The van der Waals surface area contributed by atoms with Gasteiger partial charge in [-0.1, -0.05) is 54.6 Å². The molecule has 4 rings (SSSR count). The van der Waals surface area contributed by atoms with E-state index in [1.54, 1.807) is 0 Å². The molecule has 1 fully saturated rings. The highest BCUT2D eigenvalue weighted by Gasteiger charge is 2.29. The number of benzene rings is 3. The van der Waals surface area contributed by atoms with Gasteiger partial charge in [-0.2, -0.15) is 0 Å². The summed E-state index contributed by atoms with van der Waals surface area (Å²) in [6.07, 6.45) is 0. The smallest absolute Gasteiger partial charge is 0.183 e. The van der Waals surface area contributed by atoms with Crippen molar-refractivity contribution in [3.8, 4) is 0 Å². The molecule has 0 atom stereocenters. The summed E-state index contributed by atoms with van der Waals surface area (Å²) >= 11 is 5.84. The molecule has 0 saturated carbocycles. The number of nitrogens with zero attached hydrogens (tertiary/aromatic N) is 3. The molecule has 0 amide bonds. The Labute approximate surface area is 153 Å². The molecule has 0 aromatic heterocycles. The number of hydrogen-bond acceptors (Lipinski definition) is 2. The molecule has 1 aliphatic rings. The SMILES string of the molecule is S=C1N(c2ccccc2)CN(c2ccccc2)CN1c1ccccc1. The second-order valence-electron chi connectivity index (χ2n) is 5.97. The molecule has 0 unspecified atom stereocenters. The lowest BCUT2D eigenvalue weighted by Gasteiger charge is -2.45. The maximum atomic E-state index is 5.84. The molecular weight excluding hydrogens is 326 g/mol. The number of rotatable bonds is 3. The van der Waals surface area contributed by atoms with E-state index in [9.17, 15) is 0 Å². The van der Waals surface area contributed by atoms with Gasteiger partial charge in [0.2, 0.25) is 0 Å². The molecule has 1 heterocycles. The van der Waals surface area contributed by atoms with Crippen molar-refractivity contribution in [1.29, 1.82) is 0 Å². The van der Waals surface area contributed by atoms with Crippen LogP contribution in [0.25, 0.3) is 0 Å². The number of para-hydroxylation sites is 3. The molecule has 0 spiro atoms. The Morgan fingerprint density at radius 2 is 0.880 bits per heavy atom. The fraction of sp³-hybridized carbons (Fsp3) is 0.0952. The average Bonchev–Trinajstić information content (AvgIpc) is 2.70. The third-order valence-electron chi connectivity index (χ3n) is 4.34. The van der Waals surface area contributed by atoms with Gasteiger partial charge in [-0.25, -0.2) is 0 Å². The second kappa shape index (κ2) is 6.95. The maximum Gasteiger partial charge on any atom is 0.183 e. The van der Waals surface area contributed by atoms with Gasteiger partial charge in [0.15, 0.2) is 5.11 Å². The zero-order valence-electron chi connectivity index (χ0n) is 13.8. The van der Waals surface area contributed by atoms with Crippen LogP contribution in [0.4, 0.5) is 17.1 Å². The number of hydrogen-bond donors (Lipinski definition) is 0. The monoisotopic (exact) mass is 345 g/mol. The van der Waals surface area contributed by atoms with Gasteiger partial charge in [-0.05, 0) is 48.6 Å². The first-order valence-electron chi connectivity index (χ1n) is 8.32. The molecule has 25 heavy (non-hydrogen) atoms. The van der Waals surface area contributed by atoms with Crippen LogP contribution in [-0.4, -0.2) is 18.4 Å². The van der Waals surface area contributed by atoms with Crippen molar-refractivity contribution < 1.29 is 0 Å². The lowest BCUT2D eigenvalue weighted by Crippen LogP contribution is -2.58. The van der Waals surface area contributed by atoms with Crippen LogP contribution in [0.15, 0.2) is 91.0 Å². The van der Waals surface area contributed by atoms with E-state index in [4.69, 9.17) is 12.2 Å². The summed E-state index contributed by atoms with van der Waals surface area (Å²) in [6.45, 7) is 1.46. The molecule has 3 aromatic carbocycles. The van der Waals surface area contributed by atoms with Crippen LogP contribution in [0.3, 0.4) is 0 Å². The highest BCUT2D eigenvalue weighted by Crippen LogP contribution is 2.27. The zero-order chi connectivity index (χ0) is 17.1. The summed E-state index contributed by atoms with van der Waals surface area (Å²) in [6, 6.07) is 31.1. The minimum Gasteiger partial charge on any atom is -0.335 e. The Balaban J connectivity index is 1.73. The largest absolute Gasteiger partial charge is 0.335 e. The van der Waals surface area contributed by atoms with Gasteiger partial charge in [0.05, 0.1) is 13.3 Å². The lowest BCUT2D eigenvalue weighted by molar-refractivity contribution is 0.756. The molecule has 0 aliphatic carbocycles. The van der Waals surface area contributed by atoms with E-state index in [0.717, 1.165) is 29.8 Å². The van der Waals surface area contributed by atoms with Crippen molar-refractivity contribution in [3.63, 3.8) is 0 Å². The average molecular weight is 345 g/mol. The summed E-state index contributed by atoms with van der Waals surface area (Å²) in [5.74, 6) is 0. The van der Waals surface area contributed by atoms with Crippen molar-refractivity contribution in [2.75, 3.05) is 28.0 Å². The molecular formula is C21H19N3S. The minimum atomic E-state index is 0.732. The Bertz CT molecular complexity index is 785. The molecule has 3 nitrogen and oxygen atoms in total. The molecule has 0 radical (unpaired) electrons. The van der Waals surface area contributed by atoms with Gasteiger partial charge < -0.3 is 14.7 Å². The normalized spacial score (nSPS) is 14.7. The van der Waals surface area contributed by atoms with Crippen LogP contribution in [0.2, 0.25) is 0 Å². The summed E-state index contributed by atoms with van der Waals surface area (Å²) in [4.78, 5) is 6.69. The summed E-state index contributed by atoms with van der Waals surface area (Å²) in [5, 5.41) is 0.824. The van der Waals surface area contributed by atoms with Gasteiger partial charge in [-0.15, -0.1) is 0 Å². The summed E-state index contributed by atoms with van der Waals surface area (Å²) in [7, 11) is 0. The Morgan fingerprint density at radius 1 is 0.520 bits per heavy atom. The van der Waals surface area contributed by atoms with E-state index in [1.165, 1.54) is 5.69 Å².